The highest BCUT2D eigenvalue weighted by atomic mass is 32.2. The molecule has 146 valence electrons. The molecule has 0 amide bonds. The van der Waals surface area contributed by atoms with Crippen LogP contribution < -0.4 is 19.5 Å². The molecule has 0 aliphatic rings. The van der Waals surface area contributed by atoms with Gasteiger partial charge in [-0.3, -0.25) is 4.72 Å². The molecular weight excluding hydrogens is 385 g/mol. The van der Waals surface area contributed by atoms with E-state index in [4.69, 9.17) is 9.47 Å². The summed E-state index contributed by atoms with van der Waals surface area (Å²) in [6.07, 6.45) is 1.47. The van der Waals surface area contributed by atoms with Crippen molar-refractivity contribution in [2.24, 2.45) is 0 Å². The molecule has 0 fully saturated rings. The molecular formula is C19H18FN3O4S. The van der Waals surface area contributed by atoms with E-state index in [2.05, 4.69) is 15.0 Å². The van der Waals surface area contributed by atoms with Crippen LogP contribution in [-0.2, 0) is 10.0 Å². The van der Waals surface area contributed by atoms with Crippen LogP contribution in [0.4, 0.5) is 21.6 Å². The predicted octanol–water partition coefficient (Wildman–Crippen LogP) is 3.78. The number of nitrogens with zero attached hydrogens (tertiary/aromatic N) is 1. The number of aromatic nitrogens is 1. The number of nitrogens with one attached hydrogen (secondary N) is 2. The van der Waals surface area contributed by atoms with Crippen molar-refractivity contribution in [3.8, 4) is 11.5 Å². The molecule has 0 saturated heterocycles. The summed E-state index contributed by atoms with van der Waals surface area (Å²) in [6.45, 7) is 0. The lowest BCUT2D eigenvalue weighted by Gasteiger charge is -2.14. The molecule has 0 aliphatic heterocycles. The highest BCUT2D eigenvalue weighted by Gasteiger charge is 2.20. The largest absolute Gasteiger partial charge is 0.497 e. The Kier molecular flexibility index (Phi) is 5.65. The van der Waals surface area contributed by atoms with Crippen LogP contribution in [0.25, 0.3) is 0 Å². The topological polar surface area (TPSA) is 89.5 Å². The summed E-state index contributed by atoms with van der Waals surface area (Å²) < 4.78 is 51.5. The third kappa shape index (κ3) is 4.49. The van der Waals surface area contributed by atoms with E-state index in [1.807, 2.05) is 0 Å². The van der Waals surface area contributed by atoms with E-state index in [-0.39, 0.29) is 16.4 Å². The van der Waals surface area contributed by atoms with Crippen LogP contribution >= 0.6 is 0 Å². The van der Waals surface area contributed by atoms with Crippen molar-refractivity contribution >= 4 is 27.2 Å². The summed E-state index contributed by atoms with van der Waals surface area (Å²) in [4.78, 5) is 4.07. The monoisotopic (exact) mass is 403 g/mol. The van der Waals surface area contributed by atoms with Crippen LogP contribution in [0.5, 0.6) is 11.5 Å². The maximum atomic E-state index is 13.1. The van der Waals surface area contributed by atoms with Crippen LogP contribution in [0.3, 0.4) is 0 Å². The Morgan fingerprint density at radius 3 is 2.18 bits per heavy atom. The van der Waals surface area contributed by atoms with Gasteiger partial charge in [0, 0.05) is 35.8 Å². The summed E-state index contributed by atoms with van der Waals surface area (Å²) >= 11 is 0. The van der Waals surface area contributed by atoms with Crippen molar-refractivity contribution < 1.29 is 22.3 Å². The molecule has 0 radical (unpaired) electrons. The highest BCUT2D eigenvalue weighted by Crippen LogP contribution is 2.30. The molecule has 2 N–H and O–H groups in total. The minimum atomic E-state index is -3.97. The van der Waals surface area contributed by atoms with Crippen LogP contribution in [0.15, 0.2) is 65.7 Å². The van der Waals surface area contributed by atoms with E-state index >= 15 is 0 Å². The van der Waals surface area contributed by atoms with Crippen LogP contribution in [0.1, 0.15) is 0 Å². The Bertz CT molecular complexity index is 1050. The second-order valence-electron chi connectivity index (χ2n) is 5.69. The number of methoxy groups -OCH3 is 2. The lowest BCUT2D eigenvalue weighted by Crippen LogP contribution is -2.15. The Labute approximate surface area is 162 Å². The summed E-state index contributed by atoms with van der Waals surface area (Å²) in [5.74, 6) is 0.726. The Hall–Kier alpha value is -3.33. The van der Waals surface area contributed by atoms with E-state index in [1.54, 1.807) is 18.2 Å². The smallest absolute Gasteiger partial charge is 0.265 e. The molecule has 0 unspecified atom stereocenters. The van der Waals surface area contributed by atoms with Gasteiger partial charge in [-0.05, 0) is 36.4 Å². The summed E-state index contributed by atoms with van der Waals surface area (Å²) in [5.41, 5.74) is 0.771. The molecule has 9 heteroatoms. The van der Waals surface area contributed by atoms with Gasteiger partial charge in [-0.2, -0.15) is 0 Å². The SMILES string of the molecule is COc1cc(Nc2ncccc2S(=O)(=O)Nc2ccc(F)cc2)cc(OC)c1. The number of hydrogen-bond donors (Lipinski definition) is 2. The maximum Gasteiger partial charge on any atom is 0.265 e. The summed E-state index contributed by atoms with van der Waals surface area (Å²) in [6, 6.07) is 13.0. The van der Waals surface area contributed by atoms with Crippen molar-refractivity contribution in [1.29, 1.82) is 0 Å². The minimum Gasteiger partial charge on any atom is -0.497 e. The van der Waals surface area contributed by atoms with Gasteiger partial charge in [-0.1, -0.05) is 0 Å². The van der Waals surface area contributed by atoms with Gasteiger partial charge in [0.25, 0.3) is 10.0 Å². The van der Waals surface area contributed by atoms with Gasteiger partial charge in [0.05, 0.1) is 14.2 Å². The maximum absolute atomic E-state index is 13.1. The third-order valence-corrected chi connectivity index (χ3v) is 5.18. The number of halogens is 1. The molecule has 1 heterocycles. The average Bonchev–Trinajstić information content (AvgIpc) is 2.69. The average molecular weight is 403 g/mol. The van der Waals surface area contributed by atoms with Gasteiger partial charge in [-0.15, -0.1) is 0 Å². The fourth-order valence-electron chi connectivity index (χ4n) is 2.45. The molecule has 0 spiro atoms. The molecule has 0 aliphatic carbocycles. The zero-order chi connectivity index (χ0) is 20.1. The summed E-state index contributed by atoms with van der Waals surface area (Å²) in [5, 5.41) is 2.97. The molecule has 0 saturated carbocycles. The number of hydrogen-bond acceptors (Lipinski definition) is 6. The second-order valence-corrected chi connectivity index (χ2v) is 7.34. The lowest BCUT2D eigenvalue weighted by molar-refractivity contribution is 0.395. The molecule has 3 rings (SSSR count). The van der Waals surface area contributed by atoms with Crippen molar-refractivity contribution in [3.05, 3.63) is 66.6 Å². The molecule has 3 aromatic rings. The first-order valence-corrected chi connectivity index (χ1v) is 9.63. The van der Waals surface area contributed by atoms with Gasteiger partial charge in [0.15, 0.2) is 5.82 Å². The number of pyridine rings is 1. The molecule has 28 heavy (non-hydrogen) atoms. The van der Waals surface area contributed by atoms with E-state index in [1.165, 1.54) is 56.8 Å². The number of ether oxygens (including phenoxy) is 2. The van der Waals surface area contributed by atoms with Crippen molar-refractivity contribution in [2.45, 2.75) is 4.90 Å². The predicted molar refractivity (Wildman–Crippen MR) is 104 cm³/mol. The van der Waals surface area contributed by atoms with Gasteiger partial charge in [-0.25, -0.2) is 17.8 Å². The van der Waals surface area contributed by atoms with Gasteiger partial charge in [0.2, 0.25) is 0 Å². The van der Waals surface area contributed by atoms with E-state index in [9.17, 15) is 12.8 Å². The number of benzene rings is 2. The van der Waals surface area contributed by atoms with Gasteiger partial charge in [0.1, 0.15) is 22.2 Å². The standard InChI is InChI=1S/C19H18FN3O4S/c1-26-16-10-15(11-17(12-16)27-2)22-19-18(4-3-9-21-19)28(24,25)23-14-7-5-13(20)6-8-14/h3-12,23H,1-2H3,(H,21,22). The van der Waals surface area contributed by atoms with Crippen LogP contribution in [-0.4, -0.2) is 27.6 Å². The molecule has 1 aromatic heterocycles. The molecule has 0 atom stereocenters. The fourth-order valence-corrected chi connectivity index (χ4v) is 3.62. The lowest BCUT2D eigenvalue weighted by atomic mass is 10.2. The molecule has 7 nitrogen and oxygen atoms in total. The number of sulfonamides is 1. The number of rotatable bonds is 7. The van der Waals surface area contributed by atoms with Crippen LogP contribution in [0, 0.1) is 5.82 Å². The quantitative estimate of drug-likeness (QED) is 0.624. The number of anilines is 3. The third-order valence-electron chi connectivity index (χ3n) is 3.77. The first-order valence-electron chi connectivity index (χ1n) is 8.15. The van der Waals surface area contributed by atoms with Crippen molar-refractivity contribution in [2.75, 3.05) is 24.3 Å². The summed E-state index contributed by atoms with van der Waals surface area (Å²) in [7, 11) is -0.937. The highest BCUT2D eigenvalue weighted by molar-refractivity contribution is 7.92. The molecule has 2 aromatic carbocycles. The van der Waals surface area contributed by atoms with E-state index in [0.29, 0.717) is 17.2 Å². The zero-order valence-electron chi connectivity index (χ0n) is 15.1. The van der Waals surface area contributed by atoms with E-state index in [0.717, 1.165) is 0 Å². The van der Waals surface area contributed by atoms with Crippen molar-refractivity contribution in [1.82, 2.24) is 4.98 Å². The van der Waals surface area contributed by atoms with Crippen molar-refractivity contribution in [3.63, 3.8) is 0 Å². The van der Waals surface area contributed by atoms with E-state index < -0.39 is 15.8 Å². The van der Waals surface area contributed by atoms with Gasteiger partial charge >= 0.3 is 0 Å². The normalized spacial score (nSPS) is 11.0. The van der Waals surface area contributed by atoms with Gasteiger partial charge < -0.3 is 14.8 Å². The Balaban J connectivity index is 1.94. The minimum absolute atomic E-state index is 0.0684. The molecule has 0 bridgehead atoms. The first-order chi connectivity index (χ1) is 13.4. The van der Waals surface area contributed by atoms with Crippen LogP contribution in [0.2, 0.25) is 0 Å². The zero-order valence-corrected chi connectivity index (χ0v) is 16.0. The Morgan fingerprint density at radius 1 is 0.929 bits per heavy atom. The fraction of sp³-hybridized carbons (Fsp3) is 0.105. The Morgan fingerprint density at radius 2 is 1.57 bits per heavy atom. The first kappa shape index (κ1) is 19.4. The second kappa shape index (κ2) is 8.13.